The third-order valence-corrected chi connectivity index (χ3v) is 3.77. The Bertz CT molecular complexity index is 447. The summed E-state index contributed by atoms with van der Waals surface area (Å²) in [6, 6.07) is 0. The summed E-state index contributed by atoms with van der Waals surface area (Å²) in [7, 11) is 0. The summed E-state index contributed by atoms with van der Waals surface area (Å²) < 4.78 is 7.56. The number of hydrogen-bond donors (Lipinski definition) is 1. The maximum atomic E-state index is 10.7. The summed E-state index contributed by atoms with van der Waals surface area (Å²) in [5.74, 6) is 0.342. The van der Waals surface area contributed by atoms with Crippen LogP contribution < -0.4 is 0 Å². The molecule has 0 aliphatic carbocycles. The van der Waals surface area contributed by atoms with E-state index in [2.05, 4.69) is 24.0 Å². The highest BCUT2D eigenvalue weighted by molar-refractivity contribution is 7.99. The van der Waals surface area contributed by atoms with Crippen LogP contribution in [0.3, 0.4) is 0 Å². The lowest BCUT2D eigenvalue weighted by Crippen LogP contribution is -2.10. The largest absolute Gasteiger partial charge is 0.481 e. The zero-order valence-corrected chi connectivity index (χ0v) is 14.0. The summed E-state index contributed by atoms with van der Waals surface area (Å²) in [5.41, 5.74) is 0. The molecule has 0 saturated heterocycles. The predicted octanol–water partition coefficient (Wildman–Crippen LogP) is 2.78. The number of aliphatic carboxylic acids is 1. The third kappa shape index (κ3) is 6.48. The molecule has 0 spiro atoms. The van der Waals surface area contributed by atoms with Crippen molar-refractivity contribution in [3.63, 3.8) is 0 Å². The Kier molecular flexibility index (Phi) is 7.74. The number of unbranched alkanes of at least 4 members (excludes halogenated alkanes) is 1. The van der Waals surface area contributed by atoms with E-state index < -0.39 is 5.97 Å². The van der Waals surface area contributed by atoms with Gasteiger partial charge in [0.05, 0.1) is 11.9 Å². The fraction of sp³-hybridized carbons (Fsp3) is 0.786. The average molecular weight is 315 g/mol. The molecule has 120 valence electrons. The van der Waals surface area contributed by atoms with Crippen LogP contribution >= 0.6 is 11.8 Å². The van der Waals surface area contributed by atoms with Crippen LogP contribution in [0.25, 0.3) is 0 Å². The maximum absolute atomic E-state index is 10.7. The Labute approximate surface area is 130 Å². The second-order valence-corrected chi connectivity index (χ2v) is 6.40. The van der Waals surface area contributed by atoms with Gasteiger partial charge in [0.2, 0.25) is 0 Å². The third-order valence-electron chi connectivity index (χ3n) is 2.81. The van der Waals surface area contributed by atoms with Crippen LogP contribution in [0.15, 0.2) is 5.16 Å². The molecule has 0 fully saturated rings. The first kappa shape index (κ1) is 18.0. The van der Waals surface area contributed by atoms with E-state index in [0.717, 1.165) is 31.8 Å². The minimum absolute atomic E-state index is 0.00664. The summed E-state index contributed by atoms with van der Waals surface area (Å²) in [6.07, 6.45) is 2.19. The molecule has 0 saturated carbocycles. The maximum Gasteiger partial charge on any atom is 0.313 e. The molecule has 0 aliphatic heterocycles. The Hall–Kier alpha value is -1.08. The first-order valence-electron chi connectivity index (χ1n) is 7.31. The number of hydrogen-bond acceptors (Lipinski definition) is 5. The molecule has 7 heteroatoms. The molecule has 0 amide bonds. The van der Waals surface area contributed by atoms with Crippen molar-refractivity contribution in [1.29, 1.82) is 0 Å². The van der Waals surface area contributed by atoms with E-state index >= 15 is 0 Å². The number of thioether (sulfide) groups is 1. The number of ether oxygens (including phenoxy) is 1. The summed E-state index contributed by atoms with van der Waals surface area (Å²) >= 11 is 1.22. The number of aromatic nitrogens is 3. The number of nitrogens with zero attached hydrogens (tertiary/aromatic N) is 3. The smallest absolute Gasteiger partial charge is 0.313 e. The van der Waals surface area contributed by atoms with Gasteiger partial charge >= 0.3 is 5.97 Å². The van der Waals surface area contributed by atoms with Gasteiger partial charge in [-0.2, -0.15) is 0 Å². The number of carbonyl (C=O) groups is 1. The molecule has 0 unspecified atom stereocenters. The lowest BCUT2D eigenvalue weighted by atomic mass is 10.2. The van der Waals surface area contributed by atoms with Crippen molar-refractivity contribution in [3.8, 4) is 0 Å². The predicted molar refractivity (Wildman–Crippen MR) is 82.8 cm³/mol. The van der Waals surface area contributed by atoms with E-state index in [0.29, 0.717) is 5.16 Å². The van der Waals surface area contributed by atoms with Crippen LogP contribution in [0.5, 0.6) is 0 Å². The van der Waals surface area contributed by atoms with Crippen LogP contribution in [-0.4, -0.2) is 44.3 Å². The quantitative estimate of drug-likeness (QED) is 0.528. The van der Waals surface area contributed by atoms with E-state index in [9.17, 15) is 4.79 Å². The normalized spacial score (nSPS) is 11.5. The van der Waals surface area contributed by atoms with Crippen molar-refractivity contribution in [2.24, 2.45) is 0 Å². The van der Waals surface area contributed by atoms with E-state index in [-0.39, 0.29) is 17.8 Å². The molecule has 6 nitrogen and oxygen atoms in total. The highest BCUT2D eigenvalue weighted by Gasteiger charge is 2.15. The van der Waals surface area contributed by atoms with Gasteiger partial charge in [0.1, 0.15) is 5.82 Å². The minimum Gasteiger partial charge on any atom is -0.481 e. The van der Waals surface area contributed by atoms with Crippen molar-refractivity contribution < 1.29 is 14.6 Å². The van der Waals surface area contributed by atoms with Crippen LogP contribution in [-0.2, 0) is 16.1 Å². The van der Waals surface area contributed by atoms with Gasteiger partial charge in [-0.25, -0.2) is 0 Å². The van der Waals surface area contributed by atoms with Gasteiger partial charge in [0.15, 0.2) is 5.16 Å². The van der Waals surface area contributed by atoms with Gasteiger partial charge in [0, 0.05) is 19.1 Å². The number of carboxylic acid groups (broad SMARTS) is 1. The topological polar surface area (TPSA) is 77.2 Å². The molecule has 0 aliphatic rings. The molecule has 1 aromatic heterocycles. The lowest BCUT2D eigenvalue weighted by molar-refractivity contribution is -0.133. The van der Waals surface area contributed by atoms with Gasteiger partial charge in [0.25, 0.3) is 0 Å². The molecular formula is C14H25N3O3S. The van der Waals surface area contributed by atoms with Crippen molar-refractivity contribution in [3.05, 3.63) is 5.82 Å². The van der Waals surface area contributed by atoms with Gasteiger partial charge in [-0.1, -0.05) is 25.6 Å². The fourth-order valence-electron chi connectivity index (χ4n) is 1.86. The zero-order chi connectivity index (χ0) is 15.8. The fourth-order valence-corrected chi connectivity index (χ4v) is 2.55. The molecule has 0 radical (unpaired) electrons. The van der Waals surface area contributed by atoms with E-state index in [4.69, 9.17) is 9.84 Å². The molecular weight excluding hydrogens is 290 g/mol. The van der Waals surface area contributed by atoms with Gasteiger partial charge in [-0.3, -0.25) is 4.79 Å². The van der Waals surface area contributed by atoms with Crippen LogP contribution in [0.2, 0.25) is 0 Å². The summed E-state index contributed by atoms with van der Waals surface area (Å²) in [5, 5.41) is 17.8. The average Bonchev–Trinajstić information content (AvgIpc) is 2.78. The molecule has 1 rings (SSSR count). The van der Waals surface area contributed by atoms with Crippen molar-refractivity contribution in [2.45, 2.75) is 64.3 Å². The van der Waals surface area contributed by atoms with E-state index in [1.165, 1.54) is 11.8 Å². The Morgan fingerprint density at radius 2 is 2.00 bits per heavy atom. The van der Waals surface area contributed by atoms with Gasteiger partial charge < -0.3 is 14.4 Å². The first-order chi connectivity index (χ1) is 9.91. The summed E-state index contributed by atoms with van der Waals surface area (Å²) in [4.78, 5) is 10.7. The Balaban J connectivity index is 2.59. The number of rotatable bonds is 10. The molecule has 1 N–H and O–H groups in total. The Morgan fingerprint density at radius 1 is 1.29 bits per heavy atom. The SMILES string of the molecule is CC(C)OCCCCn1c(SCC(=O)O)nnc1C(C)C. The van der Waals surface area contributed by atoms with Gasteiger partial charge in [-0.05, 0) is 26.7 Å². The second-order valence-electron chi connectivity index (χ2n) is 5.46. The standard InChI is InChI=1S/C14H25N3O3S/c1-10(2)13-15-16-14(21-9-12(18)19)17(13)7-5-6-8-20-11(3)4/h10-11H,5-9H2,1-4H3,(H,18,19). The zero-order valence-electron chi connectivity index (χ0n) is 13.2. The van der Waals surface area contributed by atoms with Crippen molar-refractivity contribution in [1.82, 2.24) is 14.8 Å². The second kappa shape index (κ2) is 9.04. The van der Waals surface area contributed by atoms with Crippen LogP contribution in [0, 0.1) is 0 Å². The summed E-state index contributed by atoms with van der Waals surface area (Å²) in [6.45, 7) is 9.72. The van der Waals surface area contributed by atoms with E-state index in [1.807, 2.05) is 18.4 Å². The van der Waals surface area contributed by atoms with E-state index in [1.54, 1.807) is 0 Å². The van der Waals surface area contributed by atoms with Crippen molar-refractivity contribution in [2.75, 3.05) is 12.4 Å². The number of carboxylic acids is 1. The Morgan fingerprint density at radius 3 is 2.57 bits per heavy atom. The molecule has 0 bridgehead atoms. The van der Waals surface area contributed by atoms with Gasteiger partial charge in [-0.15, -0.1) is 10.2 Å². The first-order valence-corrected chi connectivity index (χ1v) is 8.29. The highest BCUT2D eigenvalue weighted by atomic mass is 32.2. The molecule has 0 atom stereocenters. The van der Waals surface area contributed by atoms with Crippen LogP contribution in [0.1, 0.15) is 52.3 Å². The molecule has 1 heterocycles. The molecule has 21 heavy (non-hydrogen) atoms. The monoisotopic (exact) mass is 315 g/mol. The lowest BCUT2D eigenvalue weighted by Gasteiger charge is -2.12. The molecule has 0 aromatic carbocycles. The molecule has 1 aromatic rings. The van der Waals surface area contributed by atoms with Crippen molar-refractivity contribution >= 4 is 17.7 Å². The van der Waals surface area contributed by atoms with Crippen LogP contribution in [0.4, 0.5) is 0 Å². The minimum atomic E-state index is -0.842. The highest BCUT2D eigenvalue weighted by Crippen LogP contribution is 2.21.